The number of aromatic nitrogens is 2. The molecule has 2 aromatic carbocycles. The van der Waals surface area contributed by atoms with Gasteiger partial charge in [0.1, 0.15) is 0 Å². The third-order valence-electron chi connectivity index (χ3n) is 4.36. The van der Waals surface area contributed by atoms with Crippen molar-refractivity contribution in [3.8, 4) is 11.4 Å². The molecule has 0 saturated carbocycles. The van der Waals surface area contributed by atoms with Crippen LogP contribution in [0.15, 0.2) is 69.9 Å². The average Bonchev–Trinajstić information content (AvgIpc) is 2.78. The van der Waals surface area contributed by atoms with Gasteiger partial charge in [0.2, 0.25) is 5.69 Å². The van der Waals surface area contributed by atoms with E-state index in [-0.39, 0.29) is 30.6 Å². The highest BCUT2D eigenvalue weighted by Gasteiger charge is 2.20. The van der Waals surface area contributed by atoms with Gasteiger partial charge < -0.3 is 14.8 Å². The molecule has 0 spiro atoms. The molecule has 0 aliphatic carbocycles. The number of nitrogens with one attached hydrogen (secondary N) is 1. The number of nitrogens with zero attached hydrogens (tertiary/aromatic N) is 2. The maximum atomic E-state index is 12.6. The van der Waals surface area contributed by atoms with Gasteiger partial charge in [-0.05, 0) is 37.1 Å². The van der Waals surface area contributed by atoms with Gasteiger partial charge in [-0.2, -0.15) is 9.78 Å². The molecule has 3 rings (SSSR count). The minimum atomic E-state index is -0.754. The van der Waals surface area contributed by atoms with Crippen LogP contribution in [0.3, 0.4) is 0 Å². The summed E-state index contributed by atoms with van der Waals surface area (Å²) in [6.45, 7) is 1.84. The zero-order chi connectivity index (χ0) is 22.9. The predicted molar refractivity (Wildman–Crippen MR) is 122 cm³/mol. The number of carbonyl (C=O) groups is 2. The Labute approximate surface area is 193 Å². The molecule has 3 aromatic rings. The molecule has 0 aliphatic heterocycles. The molecule has 0 atom stereocenters. The lowest BCUT2D eigenvalue weighted by Crippen LogP contribution is -2.32. The van der Waals surface area contributed by atoms with Crippen LogP contribution in [0.2, 0.25) is 0 Å². The molecule has 8 nitrogen and oxygen atoms in total. The summed E-state index contributed by atoms with van der Waals surface area (Å²) in [6, 6.07) is 17.8. The molecule has 9 heteroatoms. The van der Waals surface area contributed by atoms with E-state index in [0.29, 0.717) is 18.7 Å². The molecule has 0 bridgehead atoms. The number of ether oxygens (including phenoxy) is 2. The summed E-state index contributed by atoms with van der Waals surface area (Å²) in [5.41, 5.74) is 0.845. The summed E-state index contributed by atoms with van der Waals surface area (Å²) in [7, 11) is 0. The van der Waals surface area contributed by atoms with Gasteiger partial charge in [-0.15, -0.1) is 0 Å². The number of carbonyl (C=O) groups excluding carboxylic acids is 2. The number of esters is 1. The second kappa shape index (κ2) is 11.2. The maximum Gasteiger partial charge on any atom is 0.362 e. The summed E-state index contributed by atoms with van der Waals surface area (Å²) in [5, 5.41) is 6.88. The summed E-state index contributed by atoms with van der Waals surface area (Å²) < 4.78 is 12.3. The van der Waals surface area contributed by atoms with E-state index in [0.717, 1.165) is 20.8 Å². The summed E-state index contributed by atoms with van der Waals surface area (Å²) in [4.78, 5) is 37.2. The molecule has 1 amide bonds. The normalized spacial score (nSPS) is 10.4. The van der Waals surface area contributed by atoms with Crippen LogP contribution in [0, 0.1) is 0 Å². The molecule has 1 N–H and O–H groups in total. The molecule has 0 fully saturated rings. The Morgan fingerprint density at radius 1 is 1.09 bits per heavy atom. The first-order chi connectivity index (χ1) is 15.5. The van der Waals surface area contributed by atoms with Crippen LogP contribution < -0.4 is 15.6 Å². The van der Waals surface area contributed by atoms with Crippen molar-refractivity contribution in [3.63, 3.8) is 0 Å². The Morgan fingerprint density at radius 3 is 2.59 bits per heavy atom. The molecule has 0 radical (unpaired) electrons. The van der Waals surface area contributed by atoms with Crippen molar-refractivity contribution in [1.82, 2.24) is 15.1 Å². The van der Waals surface area contributed by atoms with Crippen molar-refractivity contribution < 1.29 is 19.1 Å². The maximum absolute atomic E-state index is 12.6. The molecular weight excluding hydrogens is 478 g/mol. The fraction of sp³-hybridized carbons (Fsp3) is 0.217. The van der Waals surface area contributed by atoms with Crippen molar-refractivity contribution in [2.75, 3.05) is 19.8 Å². The summed E-state index contributed by atoms with van der Waals surface area (Å²) >= 11 is 3.34. The first kappa shape index (κ1) is 23.2. The largest absolute Gasteiger partial charge is 0.481 e. The van der Waals surface area contributed by atoms with Crippen molar-refractivity contribution in [2.24, 2.45) is 0 Å². The van der Waals surface area contributed by atoms with E-state index in [4.69, 9.17) is 9.47 Å². The van der Waals surface area contributed by atoms with Gasteiger partial charge in [-0.3, -0.25) is 9.59 Å². The van der Waals surface area contributed by atoms with Crippen LogP contribution in [0.5, 0.6) is 5.75 Å². The first-order valence-corrected chi connectivity index (χ1v) is 10.8. The quantitative estimate of drug-likeness (QED) is 0.454. The van der Waals surface area contributed by atoms with Crippen LogP contribution in [0.25, 0.3) is 5.69 Å². The van der Waals surface area contributed by atoms with Gasteiger partial charge in [0.25, 0.3) is 11.5 Å². The zero-order valence-electron chi connectivity index (χ0n) is 17.4. The first-order valence-electron chi connectivity index (χ1n) is 9.98. The molecule has 1 heterocycles. The average molecular weight is 500 g/mol. The number of amides is 1. The van der Waals surface area contributed by atoms with E-state index in [2.05, 4.69) is 26.3 Å². The smallest absolute Gasteiger partial charge is 0.362 e. The van der Waals surface area contributed by atoms with E-state index in [9.17, 15) is 14.4 Å². The van der Waals surface area contributed by atoms with Gasteiger partial charge in [-0.1, -0.05) is 52.3 Å². The van der Waals surface area contributed by atoms with Crippen molar-refractivity contribution in [3.05, 3.63) is 86.7 Å². The lowest BCUT2D eigenvalue weighted by Gasteiger charge is -2.13. The van der Waals surface area contributed by atoms with Crippen LogP contribution >= 0.6 is 15.9 Å². The Morgan fingerprint density at radius 2 is 1.88 bits per heavy atom. The number of hydrogen-bond acceptors (Lipinski definition) is 6. The highest BCUT2D eigenvalue weighted by molar-refractivity contribution is 9.10. The fourth-order valence-electron chi connectivity index (χ4n) is 2.87. The number of hydrogen-bond donors (Lipinski definition) is 1. The second-order valence-electron chi connectivity index (χ2n) is 6.68. The Bertz CT molecular complexity index is 1150. The zero-order valence-corrected chi connectivity index (χ0v) is 19.0. The van der Waals surface area contributed by atoms with E-state index >= 15 is 0 Å². The number of benzene rings is 2. The second-order valence-corrected chi connectivity index (χ2v) is 7.60. The summed E-state index contributed by atoms with van der Waals surface area (Å²) in [6.07, 6.45) is 0.672. The minimum Gasteiger partial charge on any atom is -0.481 e. The molecule has 0 saturated heterocycles. The van der Waals surface area contributed by atoms with Crippen LogP contribution in [-0.4, -0.2) is 41.4 Å². The lowest BCUT2D eigenvalue weighted by atomic mass is 10.1. The van der Waals surface area contributed by atoms with Crippen LogP contribution in [0.1, 0.15) is 23.0 Å². The minimum absolute atomic E-state index is 0.113. The fourth-order valence-corrected chi connectivity index (χ4v) is 3.26. The van der Waals surface area contributed by atoms with Gasteiger partial charge in [0, 0.05) is 11.0 Å². The standard InChI is InChI=1S/C23H22BrN3O5/c1-2-31-23(30)22-19(14-21(29)27(26-22)18-10-6-9-17(24)13-18)32-15-20(28)25-12-11-16-7-4-3-5-8-16/h3-10,13-14H,2,11-12,15H2,1H3,(H,25,28). The number of rotatable bonds is 9. The van der Waals surface area contributed by atoms with Crippen LogP contribution in [-0.2, 0) is 16.0 Å². The molecule has 1 aromatic heterocycles. The Balaban J connectivity index is 1.73. The third-order valence-corrected chi connectivity index (χ3v) is 4.85. The van der Waals surface area contributed by atoms with Crippen LogP contribution in [0.4, 0.5) is 0 Å². The van der Waals surface area contributed by atoms with E-state index in [1.54, 1.807) is 31.2 Å². The van der Waals surface area contributed by atoms with E-state index in [1.165, 1.54) is 0 Å². The number of halogens is 1. The van der Waals surface area contributed by atoms with Gasteiger partial charge in [0.15, 0.2) is 12.4 Å². The Hall–Kier alpha value is -3.46. The molecule has 166 valence electrons. The SMILES string of the molecule is CCOC(=O)c1nn(-c2cccc(Br)c2)c(=O)cc1OCC(=O)NCCc1ccccc1. The van der Waals surface area contributed by atoms with E-state index in [1.807, 2.05) is 30.3 Å². The third kappa shape index (κ3) is 6.27. The van der Waals surface area contributed by atoms with Gasteiger partial charge in [-0.25, -0.2) is 4.79 Å². The van der Waals surface area contributed by atoms with Gasteiger partial charge in [0.05, 0.1) is 18.4 Å². The molecular formula is C23H22BrN3O5. The van der Waals surface area contributed by atoms with Gasteiger partial charge >= 0.3 is 5.97 Å². The topological polar surface area (TPSA) is 99.5 Å². The molecule has 32 heavy (non-hydrogen) atoms. The summed E-state index contributed by atoms with van der Waals surface area (Å²) in [5.74, 6) is -1.25. The molecule has 0 unspecified atom stereocenters. The van der Waals surface area contributed by atoms with Crippen molar-refractivity contribution >= 4 is 27.8 Å². The van der Waals surface area contributed by atoms with Crippen molar-refractivity contribution in [2.45, 2.75) is 13.3 Å². The predicted octanol–water partition coefficient (Wildman–Crippen LogP) is 2.91. The lowest BCUT2D eigenvalue weighted by molar-refractivity contribution is -0.123. The molecule has 0 aliphatic rings. The Kier molecular flexibility index (Phi) is 8.15. The van der Waals surface area contributed by atoms with E-state index < -0.39 is 11.5 Å². The highest BCUT2D eigenvalue weighted by Crippen LogP contribution is 2.18. The van der Waals surface area contributed by atoms with Crippen molar-refractivity contribution in [1.29, 1.82) is 0 Å². The monoisotopic (exact) mass is 499 g/mol. The highest BCUT2D eigenvalue weighted by atomic mass is 79.9.